The minimum atomic E-state index is 0.429. The topological polar surface area (TPSA) is 38.9 Å². The molecule has 0 amide bonds. The number of aromatic nitrogens is 1. The summed E-state index contributed by atoms with van der Waals surface area (Å²) < 4.78 is 0. The largest absolute Gasteiger partial charge is 0.326 e. The highest BCUT2D eigenvalue weighted by Crippen LogP contribution is 2.32. The van der Waals surface area contributed by atoms with Gasteiger partial charge in [0.1, 0.15) is 5.01 Å². The smallest absolute Gasteiger partial charge is 0.123 e. The second-order valence-electron chi connectivity index (χ2n) is 4.64. The molecule has 2 rings (SSSR count). The Labute approximate surface area is 123 Å². The molecule has 0 saturated heterocycles. The molecule has 0 atom stereocenters. The molecule has 0 aliphatic heterocycles. The average Bonchev–Trinajstić information content (AvgIpc) is 2.84. The van der Waals surface area contributed by atoms with Crippen LogP contribution in [0.2, 0.25) is 0 Å². The molecular formula is C15H20N2S2. The lowest BCUT2D eigenvalue weighted by Crippen LogP contribution is -1.99. The van der Waals surface area contributed by atoms with Crippen LogP contribution in [0.1, 0.15) is 37.3 Å². The van der Waals surface area contributed by atoms with E-state index in [9.17, 15) is 0 Å². The number of nitrogens with two attached hydrogens (primary N) is 1. The summed E-state index contributed by atoms with van der Waals surface area (Å²) in [6.45, 7) is 7.08. The first-order chi connectivity index (χ1) is 9.15. The molecule has 0 radical (unpaired) electrons. The molecule has 0 unspecified atom stereocenters. The van der Waals surface area contributed by atoms with Gasteiger partial charge in [-0.25, -0.2) is 4.98 Å². The van der Waals surface area contributed by atoms with Gasteiger partial charge in [0.2, 0.25) is 0 Å². The van der Waals surface area contributed by atoms with Crippen LogP contribution in [0.25, 0.3) is 10.6 Å². The lowest BCUT2D eigenvalue weighted by atomic mass is 10.1. The highest BCUT2D eigenvalue weighted by atomic mass is 32.2. The number of thioether (sulfide) groups is 1. The van der Waals surface area contributed by atoms with Gasteiger partial charge in [0.15, 0.2) is 0 Å². The van der Waals surface area contributed by atoms with E-state index >= 15 is 0 Å². The molecule has 102 valence electrons. The number of hydrogen-bond donors (Lipinski definition) is 1. The Morgan fingerprint density at radius 1 is 1.26 bits per heavy atom. The van der Waals surface area contributed by atoms with Gasteiger partial charge in [0.05, 0.1) is 5.69 Å². The number of nitrogens with zero attached hydrogens (tertiary/aromatic N) is 1. The van der Waals surface area contributed by atoms with Crippen LogP contribution in [-0.2, 0) is 6.54 Å². The first-order valence-electron chi connectivity index (χ1n) is 6.58. The van der Waals surface area contributed by atoms with Gasteiger partial charge in [-0.05, 0) is 23.8 Å². The minimum absolute atomic E-state index is 0.429. The summed E-state index contributed by atoms with van der Waals surface area (Å²) in [5.41, 5.74) is 8.15. The predicted molar refractivity (Wildman–Crippen MR) is 85.9 cm³/mol. The monoisotopic (exact) mass is 292 g/mol. The maximum Gasteiger partial charge on any atom is 0.123 e. The third kappa shape index (κ3) is 3.38. The molecule has 0 spiro atoms. The molecule has 0 saturated carbocycles. The number of rotatable bonds is 5. The van der Waals surface area contributed by atoms with Gasteiger partial charge in [0.25, 0.3) is 0 Å². The summed E-state index contributed by atoms with van der Waals surface area (Å²) in [6, 6.07) is 8.65. The van der Waals surface area contributed by atoms with E-state index in [-0.39, 0.29) is 0 Å². The van der Waals surface area contributed by atoms with Crippen molar-refractivity contribution in [3.8, 4) is 10.6 Å². The van der Waals surface area contributed by atoms with Crippen LogP contribution in [0, 0.1) is 0 Å². The van der Waals surface area contributed by atoms with Gasteiger partial charge in [-0.15, -0.1) is 23.1 Å². The van der Waals surface area contributed by atoms with E-state index in [1.165, 1.54) is 15.3 Å². The van der Waals surface area contributed by atoms with Crippen molar-refractivity contribution >= 4 is 23.1 Å². The molecule has 2 aromatic rings. The normalized spacial score (nSPS) is 11.2. The van der Waals surface area contributed by atoms with Crippen LogP contribution < -0.4 is 5.73 Å². The van der Waals surface area contributed by atoms with Crippen LogP contribution in [0.4, 0.5) is 0 Å². The zero-order valence-corrected chi connectivity index (χ0v) is 13.3. The van der Waals surface area contributed by atoms with E-state index in [0.717, 1.165) is 16.5 Å². The second kappa shape index (κ2) is 6.55. The Kier molecular flexibility index (Phi) is 5.02. The second-order valence-corrected chi connectivity index (χ2v) is 7.06. The first kappa shape index (κ1) is 14.6. The SMILES string of the molecule is CCSc1ccc(-c2nc(C(C)C)c(CN)s2)cc1. The molecule has 0 fully saturated rings. The predicted octanol–water partition coefficient (Wildman–Crippen LogP) is 4.50. The van der Waals surface area contributed by atoms with Gasteiger partial charge in [-0.3, -0.25) is 0 Å². The molecular weight excluding hydrogens is 272 g/mol. The molecule has 4 heteroatoms. The zero-order chi connectivity index (χ0) is 13.8. The third-order valence-corrected chi connectivity index (χ3v) is 4.91. The number of benzene rings is 1. The Morgan fingerprint density at radius 2 is 1.95 bits per heavy atom. The van der Waals surface area contributed by atoms with E-state index in [0.29, 0.717) is 12.5 Å². The Morgan fingerprint density at radius 3 is 2.42 bits per heavy atom. The maximum absolute atomic E-state index is 5.81. The van der Waals surface area contributed by atoms with Crippen LogP contribution in [-0.4, -0.2) is 10.7 Å². The molecule has 0 bridgehead atoms. The molecule has 1 aromatic heterocycles. The first-order valence-corrected chi connectivity index (χ1v) is 8.38. The van der Waals surface area contributed by atoms with Crippen molar-refractivity contribution in [1.29, 1.82) is 0 Å². The highest BCUT2D eigenvalue weighted by molar-refractivity contribution is 7.99. The van der Waals surface area contributed by atoms with Crippen LogP contribution in [0.5, 0.6) is 0 Å². The summed E-state index contributed by atoms with van der Waals surface area (Å²) in [4.78, 5) is 7.27. The van der Waals surface area contributed by atoms with Crippen molar-refractivity contribution in [3.63, 3.8) is 0 Å². The summed E-state index contributed by atoms with van der Waals surface area (Å²) in [6.07, 6.45) is 0. The molecule has 1 aromatic carbocycles. The van der Waals surface area contributed by atoms with Crippen LogP contribution >= 0.6 is 23.1 Å². The number of hydrogen-bond acceptors (Lipinski definition) is 4. The van der Waals surface area contributed by atoms with Crippen LogP contribution in [0.3, 0.4) is 0 Å². The van der Waals surface area contributed by atoms with Gasteiger partial charge in [-0.1, -0.05) is 32.9 Å². The lowest BCUT2D eigenvalue weighted by molar-refractivity contribution is 0.814. The van der Waals surface area contributed by atoms with E-state index < -0.39 is 0 Å². The van der Waals surface area contributed by atoms with Crippen molar-refractivity contribution in [1.82, 2.24) is 4.98 Å². The number of thiazole rings is 1. The highest BCUT2D eigenvalue weighted by Gasteiger charge is 2.14. The van der Waals surface area contributed by atoms with Gasteiger partial charge in [0, 0.05) is 21.9 Å². The summed E-state index contributed by atoms with van der Waals surface area (Å²) in [7, 11) is 0. The fraction of sp³-hybridized carbons (Fsp3) is 0.400. The molecule has 2 nitrogen and oxygen atoms in total. The van der Waals surface area contributed by atoms with Crippen molar-refractivity contribution in [2.75, 3.05) is 5.75 Å². The van der Waals surface area contributed by atoms with Gasteiger partial charge < -0.3 is 5.73 Å². The third-order valence-electron chi connectivity index (χ3n) is 2.87. The quantitative estimate of drug-likeness (QED) is 0.824. The molecule has 0 aliphatic rings. The molecule has 2 N–H and O–H groups in total. The fourth-order valence-corrected chi connectivity index (χ4v) is 3.71. The Balaban J connectivity index is 2.31. The van der Waals surface area contributed by atoms with E-state index in [4.69, 9.17) is 10.7 Å². The Hall–Kier alpha value is -0.840. The molecule has 0 aliphatic carbocycles. The van der Waals surface area contributed by atoms with Crippen molar-refractivity contribution in [2.45, 2.75) is 38.1 Å². The van der Waals surface area contributed by atoms with Crippen molar-refractivity contribution in [3.05, 3.63) is 34.8 Å². The van der Waals surface area contributed by atoms with E-state index in [1.54, 1.807) is 11.3 Å². The van der Waals surface area contributed by atoms with Crippen LogP contribution in [0.15, 0.2) is 29.2 Å². The van der Waals surface area contributed by atoms with E-state index in [1.807, 2.05) is 11.8 Å². The van der Waals surface area contributed by atoms with Gasteiger partial charge >= 0.3 is 0 Å². The lowest BCUT2D eigenvalue weighted by Gasteiger charge is -2.02. The summed E-state index contributed by atoms with van der Waals surface area (Å²) >= 11 is 3.58. The average molecular weight is 292 g/mol. The Bertz CT molecular complexity index is 530. The maximum atomic E-state index is 5.81. The molecule has 1 heterocycles. The van der Waals surface area contributed by atoms with Crippen molar-refractivity contribution < 1.29 is 0 Å². The zero-order valence-electron chi connectivity index (χ0n) is 11.6. The standard InChI is InChI=1S/C15H20N2S2/c1-4-18-12-7-5-11(6-8-12)15-17-14(10(2)3)13(9-16)19-15/h5-8,10H,4,9,16H2,1-3H3. The summed E-state index contributed by atoms with van der Waals surface area (Å²) in [5.74, 6) is 1.53. The minimum Gasteiger partial charge on any atom is -0.326 e. The molecule has 19 heavy (non-hydrogen) atoms. The van der Waals surface area contributed by atoms with E-state index in [2.05, 4.69) is 45.0 Å². The fourth-order valence-electron chi connectivity index (χ4n) is 1.94. The van der Waals surface area contributed by atoms with Gasteiger partial charge in [-0.2, -0.15) is 0 Å². The van der Waals surface area contributed by atoms with Crippen molar-refractivity contribution in [2.24, 2.45) is 5.73 Å². The summed E-state index contributed by atoms with van der Waals surface area (Å²) in [5, 5.41) is 1.08.